The van der Waals surface area contributed by atoms with E-state index >= 15 is 0 Å². The van der Waals surface area contributed by atoms with Crippen molar-refractivity contribution in [1.82, 2.24) is 4.90 Å². The number of fused-ring (bicyclic) bond motifs is 3. The number of guanidine groups is 1. The molecule has 1 heterocycles. The first kappa shape index (κ1) is 18.9. The van der Waals surface area contributed by atoms with Crippen LogP contribution in [0.3, 0.4) is 0 Å². The number of ether oxygens (including phenoxy) is 1. The Balaban J connectivity index is 1.87. The van der Waals surface area contributed by atoms with Crippen LogP contribution in [0.1, 0.15) is 43.7 Å². The van der Waals surface area contributed by atoms with Gasteiger partial charge in [0.05, 0.1) is 18.8 Å². The third-order valence-corrected chi connectivity index (χ3v) is 7.24. The first-order valence-electron chi connectivity index (χ1n) is 9.50. The highest BCUT2D eigenvalue weighted by molar-refractivity contribution is 9.10. The molecule has 0 unspecified atom stereocenters. The zero-order valence-corrected chi connectivity index (χ0v) is 17.3. The van der Waals surface area contributed by atoms with Crippen molar-refractivity contribution in [1.29, 1.82) is 0 Å². The van der Waals surface area contributed by atoms with E-state index in [4.69, 9.17) is 15.5 Å². The van der Waals surface area contributed by atoms with Gasteiger partial charge in [0.2, 0.25) is 0 Å². The first-order chi connectivity index (χ1) is 12.9. The molecule has 27 heavy (non-hydrogen) atoms. The van der Waals surface area contributed by atoms with E-state index in [1.165, 1.54) is 4.90 Å². The lowest BCUT2D eigenvalue weighted by Crippen LogP contribution is -2.54. The van der Waals surface area contributed by atoms with Crippen LogP contribution in [-0.2, 0) is 21.5 Å². The van der Waals surface area contributed by atoms with Gasteiger partial charge in [0.25, 0.3) is 5.91 Å². The van der Waals surface area contributed by atoms with Crippen LogP contribution in [0.2, 0.25) is 0 Å². The van der Waals surface area contributed by atoms with Crippen molar-refractivity contribution >= 4 is 27.8 Å². The number of benzene rings is 1. The summed E-state index contributed by atoms with van der Waals surface area (Å²) >= 11 is 3.56. The molecule has 1 aliphatic heterocycles. The maximum Gasteiger partial charge on any atom is 0.262 e. The fourth-order valence-electron chi connectivity index (χ4n) is 5.32. The highest BCUT2D eigenvalue weighted by Gasteiger charge is 2.67. The monoisotopic (exact) mass is 435 g/mol. The molecule has 0 radical (unpaired) electrons. The molecule has 2 spiro atoms. The van der Waals surface area contributed by atoms with Gasteiger partial charge in [0.1, 0.15) is 0 Å². The Bertz CT molecular complexity index is 804. The Hall–Kier alpha value is -1.44. The number of hydrogen-bond donors (Lipinski definition) is 2. The van der Waals surface area contributed by atoms with Crippen LogP contribution >= 0.6 is 15.9 Å². The molecule has 1 aromatic carbocycles. The number of halogens is 1. The summed E-state index contributed by atoms with van der Waals surface area (Å²) in [6.45, 7) is 1.65. The quantitative estimate of drug-likeness (QED) is 0.762. The van der Waals surface area contributed by atoms with E-state index in [2.05, 4.69) is 22.0 Å². The molecule has 3 N–H and O–H groups in total. The number of methoxy groups -OCH3 is 1. The van der Waals surface area contributed by atoms with Gasteiger partial charge in [0.15, 0.2) is 11.5 Å². The number of carbonyl (C=O) groups excluding carboxylic acids is 1. The number of nitrogens with zero attached hydrogens (tertiary/aromatic N) is 2. The van der Waals surface area contributed by atoms with Crippen LogP contribution in [0.25, 0.3) is 0 Å². The van der Waals surface area contributed by atoms with Gasteiger partial charge in [-0.05, 0) is 62.3 Å². The van der Waals surface area contributed by atoms with Crippen molar-refractivity contribution < 1.29 is 14.6 Å². The van der Waals surface area contributed by atoms with Crippen molar-refractivity contribution in [3.63, 3.8) is 0 Å². The second-order valence-corrected chi connectivity index (χ2v) is 9.00. The van der Waals surface area contributed by atoms with Crippen LogP contribution in [0.5, 0.6) is 0 Å². The van der Waals surface area contributed by atoms with E-state index in [0.29, 0.717) is 0 Å². The first-order valence-corrected chi connectivity index (χ1v) is 10.3. The van der Waals surface area contributed by atoms with Crippen LogP contribution in [0, 0.1) is 5.41 Å². The molecule has 1 fully saturated rings. The van der Waals surface area contributed by atoms with Crippen LogP contribution in [0.15, 0.2) is 27.7 Å². The highest BCUT2D eigenvalue weighted by Crippen LogP contribution is 2.62. The van der Waals surface area contributed by atoms with Crippen LogP contribution in [-0.4, -0.2) is 47.7 Å². The average Bonchev–Trinajstić information content (AvgIpc) is 3.08. The van der Waals surface area contributed by atoms with Crippen molar-refractivity contribution in [2.24, 2.45) is 16.1 Å². The summed E-state index contributed by atoms with van der Waals surface area (Å²) < 4.78 is 6.50. The summed E-state index contributed by atoms with van der Waals surface area (Å²) in [5.74, 6) is 0.108. The summed E-state index contributed by atoms with van der Waals surface area (Å²) in [5, 5.41) is 9.64. The highest BCUT2D eigenvalue weighted by atomic mass is 79.9. The Kier molecular flexibility index (Phi) is 4.60. The Morgan fingerprint density at radius 2 is 2.15 bits per heavy atom. The van der Waals surface area contributed by atoms with E-state index in [9.17, 15) is 9.90 Å². The van der Waals surface area contributed by atoms with Gasteiger partial charge >= 0.3 is 0 Å². The third kappa shape index (κ3) is 2.51. The largest absolute Gasteiger partial charge is 0.394 e. The zero-order chi connectivity index (χ0) is 19.4. The number of amides is 1. The molecule has 4 rings (SSSR count). The molecule has 146 valence electrons. The molecule has 6 nitrogen and oxygen atoms in total. The van der Waals surface area contributed by atoms with Gasteiger partial charge < -0.3 is 15.6 Å². The van der Waals surface area contributed by atoms with Crippen molar-refractivity contribution in [3.05, 3.63) is 33.8 Å². The van der Waals surface area contributed by atoms with E-state index in [1.54, 1.807) is 14.0 Å². The SMILES string of the molecule is COC1CCC2(CC1)Cc1ccc(Br)cc1[C@@]21N=C(N)N([C@@H](C)CO)C1=O. The third-order valence-electron chi connectivity index (χ3n) is 6.74. The van der Waals surface area contributed by atoms with Gasteiger partial charge in [-0.15, -0.1) is 0 Å². The summed E-state index contributed by atoms with van der Waals surface area (Å²) in [4.78, 5) is 20.2. The predicted octanol–water partition coefficient (Wildman–Crippen LogP) is 2.31. The second kappa shape index (κ2) is 6.57. The van der Waals surface area contributed by atoms with Gasteiger partial charge in [0, 0.05) is 17.0 Å². The molecular formula is C20H26BrN3O3. The molecule has 1 amide bonds. The number of aliphatic imine (C=N–C) groups is 1. The number of rotatable bonds is 3. The van der Waals surface area contributed by atoms with E-state index in [0.717, 1.165) is 47.7 Å². The molecule has 0 bridgehead atoms. The Morgan fingerprint density at radius 3 is 2.78 bits per heavy atom. The maximum absolute atomic E-state index is 13.8. The Labute approximate surface area is 167 Å². The minimum Gasteiger partial charge on any atom is -0.394 e. The molecule has 7 heteroatoms. The van der Waals surface area contributed by atoms with E-state index in [-0.39, 0.29) is 30.0 Å². The topological polar surface area (TPSA) is 88.2 Å². The number of carbonyl (C=O) groups is 1. The summed E-state index contributed by atoms with van der Waals surface area (Å²) in [7, 11) is 1.75. The van der Waals surface area contributed by atoms with Gasteiger partial charge in [-0.1, -0.05) is 22.0 Å². The lowest BCUT2D eigenvalue weighted by atomic mass is 9.61. The van der Waals surface area contributed by atoms with Crippen LogP contribution < -0.4 is 5.73 Å². The fourth-order valence-corrected chi connectivity index (χ4v) is 5.68. The average molecular weight is 436 g/mol. The maximum atomic E-state index is 13.8. The summed E-state index contributed by atoms with van der Waals surface area (Å²) in [6, 6.07) is 5.74. The van der Waals surface area contributed by atoms with E-state index in [1.807, 2.05) is 12.1 Å². The lowest BCUT2D eigenvalue weighted by molar-refractivity contribution is -0.140. The van der Waals surface area contributed by atoms with Gasteiger partial charge in [-0.2, -0.15) is 0 Å². The number of nitrogens with two attached hydrogens (primary N) is 1. The van der Waals surface area contributed by atoms with Crippen molar-refractivity contribution in [2.45, 2.75) is 56.7 Å². The minimum atomic E-state index is -1.00. The summed E-state index contributed by atoms with van der Waals surface area (Å²) in [6.07, 6.45) is 4.59. The normalized spacial score (nSPS) is 33.6. The number of aliphatic hydroxyl groups is 1. The second-order valence-electron chi connectivity index (χ2n) is 8.08. The number of hydrogen-bond acceptors (Lipinski definition) is 5. The van der Waals surface area contributed by atoms with Gasteiger partial charge in [-0.3, -0.25) is 9.69 Å². The lowest BCUT2D eigenvalue weighted by Gasteiger charge is -2.45. The molecule has 1 saturated carbocycles. The molecule has 0 saturated heterocycles. The molecule has 2 atom stereocenters. The summed E-state index contributed by atoms with van der Waals surface area (Å²) in [5.41, 5.74) is 7.07. The molecule has 2 aliphatic carbocycles. The Morgan fingerprint density at radius 1 is 1.44 bits per heavy atom. The van der Waals surface area contributed by atoms with Crippen molar-refractivity contribution in [3.8, 4) is 0 Å². The molecule has 3 aliphatic rings. The predicted molar refractivity (Wildman–Crippen MR) is 106 cm³/mol. The minimum absolute atomic E-state index is 0.103. The number of aliphatic hydroxyl groups excluding tert-OH is 1. The molecule has 1 aromatic rings. The molecular weight excluding hydrogens is 410 g/mol. The standard InChI is InChI=1S/C20H26BrN3O3/c1-12(11-25)24-17(26)20(23-18(24)22)16-9-14(21)4-3-13(16)10-19(20)7-5-15(27-2)6-8-19/h3-4,9,12,15,25H,5-8,10-11H2,1-2H3,(H2,22,23)/t12-,15?,19?,20-/m0/s1. The van der Waals surface area contributed by atoms with Crippen molar-refractivity contribution in [2.75, 3.05) is 13.7 Å². The smallest absolute Gasteiger partial charge is 0.262 e. The zero-order valence-electron chi connectivity index (χ0n) is 15.7. The van der Waals surface area contributed by atoms with E-state index < -0.39 is 11.6 Å². The van der Waals surface area contributed by atoms with Crippen LogP contribution in [0.4, 0.5) is 0 Å². The fraction of sp³-hybridized carbons (Fsp3) is 0.600. The van der Waals surface area contributed by atoms with Gasteiger partial charge in [-0.25, -0.2) is 4.99 Å². The molecule has 0 aromatic heterocycles.